The van der Waals surface area contributed by atoms with Crippen molar-refractivity contribution in [2.24, 2.45) is 0 Å². The molecule has 1 aliphatic rings. The zero-order valence-corrected chi connectivity index (χ0v) is 18.6. The lowest BCUT2D eigenvalue weighted by molar-refractivity contribution is -0.132. The SMILES string of the molecule is Cc1ccc(CC(=O)N2CCN(CC(=O)NC(C)c3ccc(C)c(C)c3)CC2)cc1. The van der Waals surface area contributed by atoms with Gasteiger partial charge in [-0.2, -0.15) is 0 Å². The van der Waals surface area contributed by atoms with Crippen molar-refractivity contribution in [1.29, 1.82) is 0 Å². The molecule has 5 nitrogen and oxygen atoms in total. The Morgan fingerprint density at radius 3 is 2.23 bits per heavy atom. The van der Waals surface area contributed by atoms with Crippen LogP contribution in [0.25, 0.3) is 0 Å². The van der Waals surface area contributed by atoms with E-state index in [1.54, 1.807) is 0 Å². The molecule has 1 fully saturated rings. The van der Waals surface area contributed by atoms with Crippen molar-refractivity contribution in [3.63, 3.8) is 0 Å². The molecule has 2 aromatic carbocycles. The number of amides is 2. The Hall–Kier alpha value is -2.66. The Balaban J connectivity index is 1.43. The first-order valence-electron chi connectivity index (χ1n) is 10.7. The Morgan fingerprint density at radius 1 is 0.933 bits per heavy atom. The molecule has 1 saturated heterocycles. The molecule has 1 N–H and O–H groups in total. The van der Waals surface area contributed by atoms with Crippen LogP contribution in [0, 0.1) is 20.8 Å². The van der Waals surface area contributed by atoms with E-state index in [-0.39, 0.29) is 17.9 Å². The number of aryl methyl sites for hydroxylation is 3. The van der Waals surface area contributed by atoms with Crippen molar-refractivity contribution < 1.29 is 9.59 Å². The highest BCUT2D eigenvalue weighted by atomic mass is 16.2. The third-order valence-corrected chi connectivity index (χ3v) is 5.98. The van der Waals surface area contributed by atoms with Gasteiger partial charge in [-0.3, -0.25) is 14.5 Å². The number of nitrogens with one attached hydrogen (secondary N) is 1. The average molecular weight is 408 g/mol. The summed E-state index contributed by atoms with van der Waals surface area (Å²) in [7, 11) is 0. The molecule has 1 heterocycles. The van der Waals surface area contributed by atoms with Gasteiger partial charge in [0, 0.05) is 26.2 Å². The van der Waals surface area contributed by atoms with Crippen LogP contribution >= 0.6 is 0 Å². The van der Waals surface area contributed by atoms with Crippen molar-refractivity contribution >= 4 is 11.8 Å². The van der Waals surface area contributed by atoms with E-state index in [4.69, 9.17) is 0 Å². The monoisotopic (exact) mass is 407 g/mol. The first-order chi connectivity index (χ1) is 14.3. The Morgan fingerprint density at radius 2 is 1.60 bits per heavy atom. The van der Waals surface area contributed by atoms with E-state index in [1.165, 1.54) is 16.7 Å². The second-order valence-electron chi connectivity index (χ2n) is 8.45. The van der Waals surface area contributed by atoms with Crippen LogP contribution in [0.15, 0.2) is 42.5 Å². The molecule has 2 aromatic rings. The minimum Gasteiger partial charge on any atom is -0.348 e. The van der Waals surface area contributed by atoms with E-state index in [9.17, 15) is 9.59 Å². The largest absolute Gasteiger partial charge is 0.348 e. The maximum absolute atomic E-state index is 12.6. The highest BCUT2D eigenvalue weighted by molar-refractivity contribution is 5.79. The average Bonchev–Trinajstić information content (AvgIpc) is 2.72. The summed E-state index contributed by atoms with van der Waals surface area (Å²) in [5, 5.41) is 3.10. The summed E-state index contributed by atoms with van der Waals surface area (Å²) < 4.78 is 0. The van der Waals surface area contributed by atoms with E-state index in [0.29, 0.717) is 26.1 Å². The predicted molar refractivity (Wildman–Crippen MR) is 120 cm³/mol. The molecule has 0 saturated carbocycles. The standard InChI is InChI=1S/C25H33N3O2/c1-18-5-8-22(9-6-18)16-25(30)28-13-11-27(12-14-28)17-24(29)26-21(4)23-10-7-19(2)20(3)15-23/h5-10,15,21H,11-14,16-17H2,1-4H3,(H,26,29). The number of carbonyl (C=O) groups is 2. The number of rotatable bonds is 6. The van der Waals surface area contributed by atoms with Gasteiger partial charge in [-0.15, -0.1) is 0 Å². The van der Waals surface area contributed by atoms with Crippen LogP contribution in [-0.4, -0.2) is 54.3 Å². The van der Waals surface area contributed by atoms with E-state index in [1.807, 2.05) is 43.0 Å². The van der Waals surface area contributed by atoms with Crippen LogP contribution in [0.2, 0.25) is 0 Å². The van der Waals surface area contributed by atoms with Crippen molar-refractivity contribution in [2.45, 2.75) is 40.2 Å². The zero-order valence-electron chi connectivity index (χ0n) is 18.6. The molecular formula is C25H33N3O2. The van der Waals surface area contributed by atoms with Gasteiger partial charge in [-0.1, -0.05) is 48.0 Å². The number of hydrogen-bond acceptors (Lipinski definition) is 3. The maximum atomic E-state index is 12.6. The minimum atomic E-state index is -0.0193. The second-order valence-corrected chi connectivity index (χ2v) is 8.45. The molecule has 3 rings (SSSR count). The normalized spacial score (nSPS) is 15.7. The van der Waals surface area contributed by atoms with Crippen LogP contribution < -0.4 is 5.32 Å². The second kappa shape index (κ2) is 9.90. The van der Waals surface area contributed by atoms with Gasteiger partial charge in [-0.05, 0) is 49.9 Å². The Bertz CT molecular complexity index is 884. The first kappa shape index (κ1) is 22.0. The van der Waals surface area contributed by atoms with E-state index >= 15 is 0 Å². The van der Waals surface area contributed by atoms with E-state index in [2.05, 4.69) is 42.3 Å². The third-order valence-electron chi connectivity index (χ3n) is 5.98. The summed E-state index contributed by atoms with van der Waals surface area (Å²) in [5.41, 5.74) is 5.86. The zero-order chi connectivity index (χ0) is 21.7. The molecule has 0 radical (unpaired) electrons. The number of hydrogen-bond donors (Lipinski definition) is 1. The summed E-state index contributed by atoms with van der Waals surface area (Å²) >= 11 is 0. The van der Waals surface area contributed by atoms with Crippen LogP contribution in [-0.2, 0) is 16.0 Å². The molecule has 1 atom stereocenters. The van der Waals surface area contributed by atoms with Gasteiger partial charge in [-0.25, -0.2) is 0 Å². The highest BCUT2D eigenvalue weighted by Gasteiger charge is 2.23. The molecular weight excluding hydrogens is 374 g/mol. The third kappa shape index (κ3) is 5.92. The number of carbonyl (C=O) groups excluding carboxylic acids is 2. The molecule has 160 valence electrons. The van der Waals surface area contributed by atoms with Crippen molar-refractivity contribution in [3.05, 3.63) is 70.3 Å². The van der Waals surface area contributed by atoms with Crippen LogP contribution in [0.1, 0.15) is 40.8 Å². The van der Waals surface area contributed by atoms with Gasteiger partial charge in [0.25, 0.3) is 0 Å². The van der Waals surface area contributed by atoms with Crippen LogP contribution in [0.3, 0.4) is 0 Å². The maximum Gasteiger partial charge on any atom is 0.234 e. The van der Waals surface area contributed by atoms with Gasteiger partial charge >= 0.3 is 0 Å². The molecule has 0 spiro atoms. The fraction of sp³-hybridized carbons (Fsp3) is 0.440. The molecule has 0 bridgehead atoms. The summed E-state index contributed by atoms with van der Waals surface area (Å²) in [6.45, 7) is 11.4. The molecule has 5 heteroatoms. The summed E-state index contributed by atoms with van der Waals surface area (Å²) in [5.74, 6) is 0.187. The van der Waals surface area contributed by atoms with Gasteiger partial charge in [0.2, 0.25) is 11.8 Å². The van der Waals surface area contributed by atoms with Gasteiger partial charge in [0.1, 0.15) is 0 Å². The number of nitrogens with zero attached hydrogens (tertiary/aromatic N) is 2. The van der Waals surface area contributed by atoms with Gasteiger partial charge in [0.05, 0.1) is 19.0 Å². The quantitative estimate of drug-likeness (QED) is 0.800. The highest BCUT2D eigenvalue weighted by Crippen LogP contribution is 2.17. The number of piperazine rings is 1. The summed E-state index contributed by atoms with van der Waals surface area (Å²) in [4.78, 5) is 29.1. The lowest BCUT2D eigenvalue weighted by Gasteiger charge is -2.34. The van der Waals surface area contributed by atoms with E-state index < -0.39 is 0 Å². The Kier molecular flexibility index (Phi) is 7.27. The smallest absolute Gasteiger partial charge is 0.234 e. The Labute approximate surface area is 180 Å². The van der Waals surface area contributed by atoms with Gasteiger partial charge in [0.15, 0.2) is 0 Å². The van der Waals surface area contributed by atoms with Crippen molar-refractivity contribution in [1.82, 2.24) is 15.1 Å². The molecule has 1 unspecified atom stereocenters. The molecule has 1 aliphatic heterocycles. The van der Waals surface area contributed by atoms with Crippen molar-refractivity contribution in [3.8, 4) is 0 Å². The lowest BCUT2D eigenvalue weighted by Crippen LogP contribution is -2.51. The topological polar surface area (TPSA) is 52.7 Å². The molecule has 2 amide bonds. The fourth-order valence-electron chi connectivity index (χ4n) is 3.76. The predicted octanol–water partition coefficient (Wildman–Crippen LogP) is 3.18. The molecule has 0 aromatic heterocycles. The van der Waals surface area contributed by atoms with Crippen LogP contribution in [0.4, 0.5) is 0 Å². The van der Waals surface area contributed by atoms with E-state index in [0.717, 1.165) is 24.2 Å². The lowest BCUT2D eigenvalue weighted by atomic mass is 10.0. The minimum absolute atomic E-state index is 0.0193. The number of benzene rings is 2. The van der Waals surface area contributed by atoms with Gasteiger partial charge < -0.3 is 10.2 Å². The molecule has 0 aliphatic carbocycles. The van der Waals surface area contributed by atoms with Crippen molar-refractivity contribution in [2.75, 3.05) is 32.7 Å². The first-order valence-corrected chi connectivity index (χ1v) is 10.7. The summed E-state index contributed by atoms with van der Waals surface area (Å²) in [6, 6.07) is 14.4. The fourth-order valence-corrected chi connectivity index (χ4v) is 3.76. The van der Waals surface area contributed by atoms with Crippen LogP contribution in [0.5, 0.6) is 0 Å². The molecule has 30 heavy (non-hydrogen) atoms. The summed E-state index contributed by atoms with van der Waals surface area (Å²) in [6.07, 6.45) is 0.439.